The van der Waals surface area contributed by atoms with E-state index in [9.17, 15) is 20.4 Å². The van der Waals surface area contributed by atoms with E-state index in [0.717, 1.165) is 11.1 Å². The minimum absolute atomic E-state index is 0.178. The quantitative estimate of drug-likeness (QED) is 0.626. The third kappa shape index (κ3) is 2.42. The molecule has 19 heavy (non-hydrogen) atoms. The first-order chi connectivity index (χ1) is 8.90. The molecular formula is C15H16O4. The van der Waals surface area contributed by atoms with Gasteiger partial charge in [0.2, 0.25) is 5.75 Å². The fourth-order valence-corrected chi connectivity index (χ4v) is 2.14. The van der Waals surface area contributed by atoms with Gasteiger partial charge in [-0.2, -0.15) is 0 Å². The largest absolute Gasteiger partial charge is 0.507 e. The van der Waals surface area contributed by atoms with Gasteiger partial charge in [0.15, 0.2) is 11.5 Å². The van der Waals surface area contributed by atoms with Crippen LogP contribution < -0.4 is 0 Å². The van der Waals surface area contributed by atoms with E-state index in [2.05, 4.69) is 0 Å². The molecule has 0 amide bonds. The molecule has 2 aromatic carbocycles. The fraction of sp³-hybridized carbons (Fsp3) is 0.200. The van der Waals surface area contributed by atoms with Crippen LogP contribution in [-0.2, 0) is 6.42 Å². The van der Waals surface area contributed by atoms with Gasteiger partial charge in [-0.1, -0.05) is 23.8 Å². The van der Waals surface area contributed by atoms with Crippen LogP contribution in [0.1, 0.15) is 22.3 Å². The Bertz CT molecular complexity index is 633. The first-order valence-electron chi connectivity index (χ1n) is 5.92. The first-order valence-corrected chi connectivity index (χ1v) is 5.92. The van der Waals surface area contributed by atoms with Crippen LogP contribution in [0.2, 0.25) is 0 Å². The molecular weight excluding hydrogens is 244 g/mol. The van der Waals surface area contributed by atoms with E-state index in [4.69, 9.17) is 0 Å². The Morgan fingerprint density at radius 2 is 1.47 bits per heavy atom. The molecule has 4 nitrogen and oxygen atoms in total. The minimum Gasteiger partial charge on any atom is -0.507 e. The molecule has 0 aliphatic carbocycles. The molecule has 2 aromatic rings. The van der Waals surface area contributed by atoms with Crippen LogP contribution in [0.3, 0.4) is 0 Å². The van der Waals surface area contributed by atoms with Gasteiger partial charge in [-0.3, -0.25) is 0 Å². The number of hydrogen-bond acceptors (Lipinski definition) is 4. The van der Waals surface area contributed by atoms with Crippen molar-refractivity contribution < 1.29 is 20.4 Å². The van der Waals surface area contributed by atoms with E-state index in [1.54, 1.807) is 6.92 Å². The lowest BCUT2D eigenvalue weighted by atomic mass is 9.98. The van der Waals surface area contributed by atoms with Crippen molar-refractivity contribution in [1.29, 1.82) is 0 Å². The third-order valence-corrected chi connectivity index (χ3v) is 3.12. The summed E-state index contributed by atoms with van der Waals surface area (Å²) in [5.41, 5.74) is 2.87. The van der Waals surface area contributed by atoms with E-state index in [-0.39, 0.29) is 23.7 Å². The number of phenolic OH excluding ortho intramolecular Hbond substituents is 4. The van der Waals surface area contributed by atoms with Crippen LogP contribution in [0.4, 0.5) is 0 Å². The zero-order valence-electron chi connectivity index (χ0n) is 10.8. The second-order valence-electron chi connectivity index (χ2n) is 4.71. The van der Waals surface area contributed by atoms with Gasteiger partial charge in [-0.25, -0.2) is 0 Å². The monoisotopic (exact) mass is 260 g/mol. The topological polar surface area (TPSA) is 80.9 Å². The molecule has 0 saturated heterocycles. The molecule has 0 aliphatic heterocycles. The van der Waals surface area contributed by atoms with Crippen LogP contribution in [0.25, 0.3) is 0 Å². The summed E-state index contributed by atoms with van der Waals surface area (Å²) < 4.78 is 0. The lowest BCUT2D eigenvalue weighted by molar-refractivity contribution is 0.365. The first kappa shape index (κ1) is 13.1. The maximum Gasteiger partial charge on any atom is 0.200 e. The summed E-state index contributed by atoms with van der Waals surface area (Å²) >= 11 is 0. The van der Waals surface area contributed by atoms with Gasteiger partial charge < -0.3 is 20.4 Å². The van der Waals surface area contributed by atoms with Crippen molar-refractivity contribution in [3.8, 4) is 23.0 Å². The lowest BCUT2D eigenvalue weighted by Gasteiger charge is -2.11. The number of phenols is 4. The number of hydrogen-bond donors (Lipinski definition) is 4. The predicted molar refractivity (Wildman–Crippen MR) is 71.8 cm³/mol. The SMILES string of the molecule is Cc1cc(C)c(O)c(Cc2ccc(O)c(O)c2O)c1. The summed E-state index contributed by atoms with van der Waals surface area (Å²) in [6, 6.07) is 6.52. The van der Waals surface area contributed by atoms with Crippen molar-refractivity contribution in [2.75, 3.05) is 0 Å². The molecule has 2 rings (SSSR count). The lowest BCUT2D eigenvalue weighted by Crippen LogP contribution is -1.93. The van der Waals surface area contributed by atoms with E-state index in [1.165, 1.54) is 12.1 Å². The third-order valence-electron chi connectivity index (χ3n) is 3.12. The molecule has 4 N–H and O–H groups in total. The highest BCUT2D eigenvalue weighted by atomic mass is 16.3. The Hall–Kier alpha value is -2.36. The molecule has 0 radical (unpaired) electrons. The van der Waals surface area contributed by atoms with Gasteiger partial charge in [0.05, 0.1) is 0 Å². The Balaban J connectivity index is 2.45. The summed E-state index contributed by atoms with van der Waals surface area (Å²) in [7, 11) is 0. The highest BCUT2D eigenvalue weighted by Crippen LogP contribution is 2.39. The maximum atomic E-state index is 10.0. The highest BCUT2D eigenvalue weighted by molar-refractivity contribution is 5.55. The second-order valence-corrected chi connectivity index (χ2v) is 4.71. The van der Waals surface area contributed by atoms with Crippen molar-refractivity contribution in [1.82, 2.24) is 0 Å². The number of aryl methyl sites for hydroxylation is 2. The second kappa shape index (κ2) is 4.72. The van der Waals surface area contributed by atoms with Crippen LogP contribution >= 0.6 is 0 Å². The molecule has 0 aliphatic rings. The molecule has 0 aromatic heterocycles. The molecule has 0 saturated carbocycles. The number of aromatic hydroxyl groups is 4. The summed E-state index contributed by atoms with van der Waals surface area (Å²) in [6.45, 7) is 3.73. The van der Waals surface area contributed by atoms with Crippen LogP contribution in [0, 0.1) is 13.8 Å². The number of rotatable bonds is 2. The van der Waals surface area contributed by atoms with Gasteiger partial charge in [-0.05, 0) is 31.0 Å². The average Bonchev–Trinajstić information content (AvgIpc) is 2.36. The summed E-state index contributed by atoms with van der Waals surface area (Å²) in [5.74, 6) is -1.09. The van der Waals surface area contributed by atoms with E-state index in [0.29, 0.717) is 11.1 Å². The van der Waals surface area contributed by atoms with Crippen molar-refractivity contribution in [3.05, 3.63) is 46.5 Å². The molecule has 0 spiro atoms. The Labute approximate surface area is 111 Å². The van der Waals surface area contributed by atoms with E-state index < -0.39 is 5.75 Å². The van der Waals surface area contributed by atoms with Crippen LogP contribution in [0.5, 0.6) is 23.0 Å². The summed E-state index contributed by atoms with van der Waals surface area (Å²) in [5, 5.41) is 38.5. The van der Waals surface area contributed by atoms with Gasteiger partial charge in [0.25, 0.3) is 0 Å². The molecule has 4 heteroatoms. The van der Waals surface area contributed by atoms with Gasteiger partial charge in [0, 0.05) is 12.0 Å². The number of benzene rings is 2. The smallest absolute Gasteiger partial charge is 0.200 e. The van der Waals surface area contributed by atoms with Crippen LogP contribution in [-0.4, -0.2) is 20.4 Å². The van der Waals surface area contributed by atoms with Gasteiger partial charge >= 0.3 is 0 Å². The normalized spacial score (nSPS) is 10.6. The molecule has 0 heterocycles. The molecule has 0 unspecified atom stereocenters. The fourth-order valence-electron chi connectivity index (χ4n) is 2.14. The van der Waals surface area contributed by atoms with Crippen molar-refractivity contribution in [2.24, 2.45) is 0 Å². The zero-order valence-corrected chi connectivity index (χ0v) is 10.8. The van der Waals surface area contributed by atoms with Gasteiger partial charge in [-0.15, -0.1) is 0 Å². The van der Waals surface area contributed by atoms with Crippen molar-refractivity contribution >= 4 is 0 Å². The molecule has 0 atom stereocenters. The van der Waals surface area contributed by atoms with Crippen molar-refractivity contribution in [2.45, 2.75) is 20.3 Å². The Morgan fingerprint density at radius 3 is 2.16 bits per heavy atom. The molecule has 0 bridgehead atoms. The zero-order chi connectivity index (χ0) is 14.2. The molecule has 100 valence electrons. The van der Waals surface area contributed by atoms with Crippen molar-refractivity contribution in [3.63, 3.8) is 0 Å². The Morgan fingerprint density at radius 1 is 0.789 bits per heavy atom. The summed E-state index contributed by atoms with van der Waals surface area (Å²) in [4.78, 5) is 0. The predicted octanol–water partition coefficient (Wildman–Crippen LogP) is 2.72. The van der Waals surface area contributed by atoms with Gasteiger partial charge in [0.1, 0.15) is 5.75 Å². The standard InChI is InChI=1S/C15H16O4/c1-8-5-9(2)13(17)11(6-8)7-10-3-4-12(16)15(19)14(10)18/h3-6,16-19H,7H2,1-2H3. The highest BCUT2D eigenvalue weighted by Gasteiger charge is 2.14. The van der Waals surface area contributed by atoms with E-state index in [1.807, 2.05) is 19.1 Å². The minimum atomic E-state index is -0.540. The van der Waals surface area contributed by atoms with Crippen LogP contribution in [0.15, 0.2) is 24.3 Å². The molecule has 0 fully saturated rings. The Kier molecular flexibility index (Phi) is 3.25. The maximum absolute atomic E-state index is 10.0. The van der Waals surface area contributed by atoms with E-state index >= 15 is 0 Å². The average molecular weight is 260 g/mol. The summed E-state index contributed by atoms with van der Waals surface area (Å²) in [6.07, 6.45) is 0.272.